The molecule has 0 radical (unpaired) electrons. The van der Waals surface area contributed by atoms with Gasteiger partial charge in [-0.2, -0.15) is 0 Å². The number of carbonyl (C=O) groups excluding carboxylic acids is 1. The minimum Gasteiger partial charge on any atom is -0.356 e. The molecule has 0 saturated heterocycles. The van der Waals surface area contributed by atoms with E-state index in [9.17, 15) is 9.00 Å². The second-order valence-electron chi connectivity index (χ2n) is 12.8. The van der Waals surface area contributed by atoms with Crippen LogP contribution in [0.25, 0.3) is 0 Å². The highest BCUT2D eigenvalue weighted by Crippen LogP contribution is 2.68. The molecule has 4 saturated carbocycles. The Balaban J connectivity index is 1.44. The molecule has 6 nitrogen and oxygen atoms in total. The van der Waals surface area contributed by atoms with Crippen molar-refractivity contribution < 1.29 is 28.0 Å². The Bertz CT molecular complexity index is 1040. The number of ether oxygens (including phenoxy) is 4. The summed E-state index contributed by atoms with van der Waals surface area (Å²) in [7, 11) is -1.41. The fourth-order valence-electron chi connectivity index (χ4n) is 8.89. The molecule has 39 heavy (non-hydrogen) atoms. The zero-order chi connectivity index (χ0) is 27.8. The first-order chi connectivity index (χ1) is 18.7. The lowest BCUT2D eigenvalue weighted by Gasteiger charge is -2.63. The Morgan fingerprint density at radius 3 is 2.36 bits per heavy atom. The van der Waals surface area contributed by atoms with Gasteiger partial charge < -0.3 is 18.9 Å². The Hall–Kier alpha value is -1.12. The van der Waals surface area contributed by atoms with E-state index in [0.29, 0.717) is 38.3 Å². The predicted octanol–water partition coefficient (Wildman–Crippen LogP) is 6.21. The zero-order valence-electron chi connectivity index (χ0n) is 24.5. The summed E-state index contributed by atoms with van der Waals surface area (Å²) < 4.78 is 38.0. The number of ketones is 1. The Labute approximate surface area is 237 Å². The van der Waals surface area contributed by atoms with Crippen molar-refractivity contribution in [3.63, 3.8) is 0 Å². The van der Waals surface area contributed by atoms with Gasteiger partial charge in [0.1, 0.15) is 18.8 Å². The predicted molar refractivity (Wildman–Crippen MR) is 152 cm³/mol. The van der Waals surface area contributed by atoms with Crippen LogP contribution < -0.4 is 0 Å². The van der Waals surface area contributed by atoms with Crippen molar-refractivity contribution >= 4 is 16.6 Å². The van der Waals surface area contributed by atoms with Crippen molar-refractivity contribution in [3.8, 4) is 0 Å². The summed E-state index contributed by atoms with van der Waals surface area (Å²) in [6.45, 7) is 12.4. The molecule has 0 spiro atoms. The Kier molecular flexibility index (Phi) is 8.76. The van der Waals surface area contributed by atoms with Crippen LogP contribution in [-0.2, 0) is 34.5 Å². The minimum absolute atomic E-state index is 0.122. The quantitative estimate of drug-likeness (QED) is 0.250. The summed E-state index contributed by atoms with van der Waals surface area (Å²) in [5.41, 5.74) is 0.00640. The number of hydrogen-bond donors (Lipinski definition) is 0. The van der Waals surface area contributed by atoms with Gasteiger partial charge in [-0.05, 0) is 114 Å². The second kappa shape index (κ2) is 11.6. The minimum atomic E-state index is -1.41. The zero-order valence-corrected chi connectivity index (χ0v) is 25.4. The molecule has 1 aromatic carbocycles. The lowest BCUT2D eigenvalue weighted by atomic mass is 9.44. The smallest absolute Gasteiger partial charge is 0.157 e. The molecule has 0 bridgehead atoms. The van der Waals surface area contributed by atoms with E-state index in [4.69, 9.17) is 18.9 Å². The first-order valence-electron chi connectivity index (χ1n) is 15.1. The van der Waals surface area contributed by atoms with E-state index in [1.54, 1.807) is 0 Å². The lowest BCUT2D eigenvalue weighted by molar-refractivity contribution is -0.253. The molecule has 4 aliphatic rings. The van der Waals surface area contributed by atoms with Gasteiger partial charge in [-0.3, -0.25) is 9.00 Å². The highest BCUT2D eigenvalue weighted by atomic mass is 32.2. The van der Waals surface area contributed by atoms with Crippen molar-refractivity contribution in [1.29, 1.82) is 0 Å². The molecule has 0 amide bonds. The summed E-state index contributed by atoms with van der Waals surface area (Å²) in [6, 6.07) is 7.79. The fourth-order valence-corrected chi connectivity index (χ4v) is 10.5. The third-order valence-corrected chi connectivity index (χ3v) is 12.8. The average Bonchev–Trinajstić information content (AvgIpc) is 3.16. The van der Waals surface area contributed by atoms with Crippen LogP contribution in [0, 0.1) is 35.5 Å². The van der Waals surface area contributed by atoms with E-state index in [0.717, 1.165) is 55.4 Å². The largest absolute Gasteiger partial charge is 0.356 e. The maximum absolute atomic E-state index is 14.2. The molecule has 4 fully saturated rings. The maximum atomic E-state index is 14.2. The van der Waals surface area contributed by atoms with Crippen molar-refractivity contribution in [2.24, 2.45) is 28.6 Å². The number of benzene rings is 1. The standard InChI is InChI=1S/C32H48O6S/c1-6-35-20-37-24-14-16-30(4)23(18-24)10-13-27-26(30)15-17-31(5)29(33)28(19-32(27,31)38-21-36-7-2)39(34)25-11-8-22(3)9-12-25/h8-9,11-12,23-24,26-28H,6-7,10,13-21H2,1-5H3/t23?,24?,26-,27-,28?,30+,31-,32-,39?/m1/s1. The van der Waals surface area contributed by atoms with Crippen LogP contribution in [-0.4, -0.2) is 53.7 Å². The first kappa shape index (κ1) is 29.4. The summed E-state index contributed by atoms with van der Waals surface area (Å²) in [6.07, 6.45) is 7.98. The van der Waals surface area contributed by atoms with Crippen molar-refractivity contribution in [3.05, 3.63) is 29.8 Å². The summed E-state index contributed by atoms with van der Waals surface area (Å²) >= 11 is 0. The number of aryl methyl sites for hydroxylation is 1. The van der Waals surface area contributed by atoms with E-state index in [-0.39, 0.29) is 30.0 Å². The van der Waals surface area contributed by atoms with E-state index in [1.807, 2.05) is 45.0 Å². The molecular weight excluding hydrogens is 512 g/mol. The van der Waals surface area contributed by atoms with Gasteiger partial charge in [0.2, 0.25) is 0 Å². The highest BCUT2D eigenvalue weighted by Gasteiger charge is 2.71. The van der Waals surface area contributed by atoms with Gasteiger partial charge in [0.15, 0.2) is 5.78 Å². The van der Waals surface area contributed by atoms with Crippen LogP contribution in [0.5, 0.6) is 0 Å². The summed E-state index contributed by atoms with van der Waals surface area (Å²) in [4.78, 5) is 15.0. The van der Waals surface area contributed by atoms with Crippen LogP contribution >= 0.6 is 0 Å². The molecule has 7 heteroatoms. The molecule has 0 heterocycles. The normalized spacial score (nSPS) is 40.5. The van der Waals surface area contributed by atoms with Crippen LogP contribution in [0.4, 0.5) is 0 Å². The summed E-state index contributed by atoms with van der Waals surface area (Å²) in [5.74, 6) is 1.44. The molecule has 9 atom stereocenters. The Morgan fingerprint density at radius 2 is 1.64 bits per heavy atom. The molecule has 0 aliphatic heterocycles. The molecule has 0 N–H and O–H groups in total. The third kappa shape index (κ3) is 4.98. The van der Waals surface area contributed by atoms with Gasteiger partial charge in [-0.25, -0.2) is 0 Å². The number of rotatable bonds is 10. The Morgan fingerprint density at radius 1 is 0.923 bits per heavy atom. The molecule has 0 aromatic heterocycles. The SMILES string of the molecule is CCOCOC1CC[C@@]2(C)C(CC[C@@H]3[C@H]2CC[C@]2(C)C(=O)C(S(=O)c4ccc(C)cc4)C[C@@]32OCOCC)C1. The van der Waals surface area contributed by atoms with Crippen molar-refractivity contribution in [2.75, 3.05) is 26.8 Å². The monoisotopic (exact) mass is 560 g/mol. The lowest BCUT2D eigenvalue weighted by Crippen LogP contribution is -2.63. The topological polar surface area (TPSA) is 71.1 Å². The molecular formula is C32H48O6S. The molecule has 4 unspecified atom stereocenters. The van der Waals surface area contributed by atoms with E-state index in [1.165, 1.54) is 0 Å². The van der Waals surface area contributed by atoms with Crippen LogP contribution in [0.15, 0.2) is 29.2 Å². The second-order valence-corrected chi connectivity index (χ2v) is 14.5. The van der Waals surface area contributed by atoms with Crippen LogP contribution in [0.1, 0.15) is 84.6 Å². The van der Waals surface area contributed by atoms with Gasteiger partial charge in [0.05, 0.1) is 27.9 Å². The summed E-state index contributed by atoms with van der Waals surface area (Å²) in [5, 5.41) is -0.550. The van der Waals surface area contributed by atoms with E-state index < -0.39 is 27.1 Å². The van der Waals surface area contributed by atoms with Gasteiger partial charge >= 0.3 is 0 Å². The molecule has 1 aromatic rings. The maximum Gasteiger partial charge on any atom is 0.157 e. The van der Waals surface area contributed by atoms with Crippen LogP contribution in [0.2, 0.25) is 0 Å². The average molecular weight is 561 g/mol. The molecule has 4 aliphatic carbocycles. The fraction of sp³-hybridized carbons (Fsp3) is 0.781. The van der Waals surface area contributed by atoms with Crippen LogP contribution in [0.3, 0.4) is 0 Å². The van der Waals surface area contributed by atoms with Gasteiger partial charge in [0, 0.05) is 18.1 Å². The van der Waals surface area contributed by atoms with Crippen molar-refractivity contribution in [2.45, 2.75) is 108 Å². The highest BCUT2D eigenvalue weighted by molar-refractivity contribution is 7.86. The molecule has 218 valence electrons. The molecule has 5 rings (SSSR count). The van der Waals surface area contributed by atoms with Gasteiger partial charge in [-0.1, -0.05) is 24.6 Å². The van der Waals surface area contributed by atoms with E-state index in [2.05, 4.69) is 13.8 Å². The number of fused-ring (bicyclic) bond motifs is 5. The van der Waals surface area contributed by atoms with E-state index >= 15 is 0 Å². The number of Topliss-reactive ketones (excluding diaryl/α,β-unsaturated/α-hetero) is 1. The first-order valence-corrected chi connectivity index (χ1v) is 16.3. The number of carbonyl (C=O) groups is 1. The van der Waals surface area contributed by atoms with Gasteiger partial charge in [0.25, 0.3) is 0 Å². The van der Waals surface area contributed by atoms with Crippen molar-refractivity contribution in [1.82, 2.24) is 0 Å². The third-order valence-electron chi connectivity index (χ3n) is 11.2. The number of hydrogen-bond acceptors (Lipinski definition) is 6. The van der Waals surface area contributed by atoms with Gasteiger partial charge in [-0.15, -0.1) is 0 Å².